The Morgan fingerprint density at radius 1 is 0.667 bits per heavy atom. The van der Waals surface area contributed by atoms with Gasteiger partial charge in [0, 0.05) is 22.0 Å². The van der Waals surface area contributed by atoms with Gasteiger partial charge in [0.25, 0.3) is 0 Å². The molecule has 2 nitrogen and oxygen atoms in total. The van der Waals surface area contributed by atoms with Gasteiger partial charge in [0.05, 0.1) is 0 Å². The lowest BCUT2D eigenvalue weighted by atomic mass is 9.77. The minimum atomic E-state index is -0.463. The van der Waals surface area contributed by atoms with Crippen LogP contribution in [0.4, 0.5) is 0 Å². The minimum Gasteiger partial charge on any atom is -0.294 e. The lowest BCUT2D eigenvalue weighted by Crippen LogP contribution is -2.25. The summed E-state index contributed by atoms with van der Waals surface area (Å²) in [6.45, 7) is 15.5. The van der Waals surface area contributed by atoms with Crippen LogP contribution in [0.3, 0.4) is 0 Å². The molecule has 0 saturated heterocycles. The first-order valence-corrected chi connectivity index (χ1v) is 8.49. The van der Waals surface area contributed by atoms with Crippen LogP contribution in [0, 0.1) is 24.7 Å². The second-order valence-electron chi connectivity index (χ2n) is 8.70. The molecule has 0 N–H and O–H groups in total. The summed E-state index contributed by atoms with van der Waals surface area (Å²) in [5.74, 6) is 0.239. The first kappa shape index (κ1) is 18.4. The topological polar surface area (TPSA) is 34.1 Å². The van der Waals surface area contributed by atoms with E-state index in [0.717, 1.165) is 33.0 Å². The predicted octanol–water partition coefficient (Wildman–Crippen LogP) is 5.91. The molecule has 2 aromatic rings. The number of carbonyl (C=O) groups is 2. The highest BCUT2D eigenvalue weighted by molar-refractivity contribution is 6.18. The van der Waals surface area contributed by atoms with Crippen LogP contribution in [0.1, 0.15) is 73.4 Å². The maximum Gasteiger partial charge on any atom is 0.169 e. The lowest BCUT2D eigenvalue weighted by Gasteiger charge is -2.25. The van der Waals surface area contributed by atoms with Crippen molar-refractivity contribution in [2.24, 2.45) is 10.8 Å². The highest BCUT2D eigenvalue weighted by Crippen LogP contribution is 2.36. The molecule has 0 aliphatic carbocycles. The smallest absolute Gasteiger partial charge is 0.169 e. The van der Waals surface area contributed by atoms with Gasteiger partial charge in [0.15, 0.2) is 11.6 Å². The molecule has 2 heteroatoms. The van der Waals surface area contributed by atoms with Crippen LogP contribution in [0.2, 0.25) is 0 Å². The van der Waals surface area contributed by atoms with Crippen molar-refractivity contribution < 1.29 is 9.59 Å². The molecule has 0 bridgehead atoms. The molecular formula is C22H28O2. The van der Waals surface area contributed by atoms with Gasteiger partial charge in [0.2, 0.25) is 0 Å². The van der Waals surface area contributed by atoms with Crippen LogP contribution in [-0.4, -0.2) is 11.6 Å². The lowest BCUT2D eigenvalue weighted by molar-refractivity contribution is 0.0849. The second kappa shape index (κ2) is 5.84. The summed E-state index contributed by atoms with van der Waals surface area (Å²) in [5.41, 5.74) is 2.41. The van der Waals surface area contributed by atoms with Crippen molar-refractivity contribution in [2.45, 2.75) is 55.4 Å². The summed E-state index contributed by atoms with van der Waals surface area (Å²) in [6, 6.07) is 7.78. The van der Waals surface area contributed by atoms with E-state index in [1.165, 1.54) is 0 Å². The van der Waals surface area contributed by atoms with E-state index in [0.29, 0.717) is 0 Å². The van der Waals surface area contributed by atoms with E-state index in [1.54, 1.807) is 0 Å². The van der Waals surface area contributed by atoms with Gasteiger partial charge in [-0.05, 0) is 35.7 Å². The van der Waals surface area contributed by atoms with E-state index in [9.17, 15) is 9.59 Å². The van der Waals surface area contributed by atoms with Gasteiger partial charge in [-0.2, -0.15) is 0 Å². The minimum absolute atomic E-state index is 0.119. The van der Waals surface area contributed by atoms with E-state index < -0.39 is 10.8 Å². The molecule has 0 amide bonds. The molecule has 0 heterocycles. The molecule has 0 aromatic heterocycles. The summed E-state index contributed by atoms with van der Waals surface area (Å²) in [4.78, 5) is 26.1. The first-order valence-electron chi connectivity index (χ1n) is 8.49. The Bertz CT molecular complexity index is 757. The maximum absolute atomic E-state index is 13.0. The Balaban J connectivity index is 2.96. The fourth-order valence-corrected chi connectivity index (χ4v) is 3.03. The molecule has 0 aliphatic rings. The first-order chi connectivity index (χ1) is 10.9. The molecule has 0 saturated carbocycles. The summed E-state index contributed by atoms with van der Waals surface area (Å²) >= 11 is 0. The predicted molar refractivity (Wildman–Crippen MR) is 101 cm³/mol. The number of Topliss-reactive ketones (excluding diaryl/α,β-unsaturated/α-hetero) is 2. The average Bonchev–Trinajstić information content (AvgIpc) is 2.46. The number of ketones is 2. The maximum atomic E-state index is 13.0. The molecular weight excluding hydrogens is 296 g/mol. The molecule has 2 rings (SSSR count). The van der Waals surface area contributed by atoms with Gasteiger partial charge in [0.1, 0.15) is 0 Å². The number of benzene rings is 2. The van der Waals surface area contributed by atoms with Crippen LogP contribution in [0.25, 0.3) is 10.8 Å². The Hall–Kier alpha value is -1.96. The van der Waals surface area contributed by atoms with Gasteiger partial charge in [-0.3, -0.25) is 9.59 Å². The largest absolute Gasteiger partial charge is 0.294 e. The van der Waals surface area contributed by atoms with Crippen molar-refractivity contribution in [1.82, 2.24) is 0 Å². The average molecular weight is 324 g/mol. The Kier molecular flexibility index (Phi) is 4.47. The van der Waals surface area contributed by atoms with E-state index in [2.05, 4.69) is 0 Å². The van der Waals surface area contributed by atoms with Crippen molar-refractivity contribution in [2.75, 3.05) is 0 Å². The fraction of sp³-hybridized carbons (Fsp3) is 0.455. The van der Waals surface area contributed by atoms with Gasteiger partial charge >= 0.3 is 0 Å². The molecule has 24 heavy (non-hydrogen) atoms. The Labute approximate surface area is 145 Å². The van der Waals surface area contributed by atoms with Crippen molar-refractivity contribution in [3.63, 3.8) is 0 Å². The van der Waals surface area contributed by atoms with E-state index in [-0.39, 0.29) is 11.6 Å². The fourth-order valence-electron chi connectivity index (χ4n) is 3.03. The van der Waals surface area contributed by atoms with Gasteiger partial charge in [-0.15, -0.1) is 0 Å². The highest BCUT2D eigenvalue weighted by Gasteiger charge is 2.31. The Morgan fingerprint density at radius 2 is 0.958 bits per heavy atom. The second-order valence-corrected chi connectivity index (χ2v) is 8.70. The number of rotatable bonds is 2. The van der Waals surface area contributed by atoms with E-state index >= 15 is 0 Å². The molecule has 2 aromatic carbocycles. The summed E-state index contributed by atoms with van der Waals surface area (Å²) in [7, 11) is 0. The van der Waals surface area contributed by atoms with Crippen LogP contribution in [0.5, 0.6) is 0 Å². The van der Waals surface area contributed by atoms with Gasteiger partial charge < -0.3 is 0 Å². The third-order valence-corrected chi connectivity index (χ3v) is 4.59. The number of carbonyl (C=O) groups excluding carboxylic acids is 2. The summed E-state index contributed by atoms with van der Waals surface area (Å²) < 4.78 is 0. The molecule has 0 atom stereocenters. The van der Waals surface area contributed by atoms with Crippen molar-refractivity contribution >= 4 is 22.3 Å². The SMILES string of the molecule is Cc1c(C)c(C(=O)C(C)(C)C)c2ccccc2c1C(=O)C(C)(C)C. The highest BCUT2D eigenvalue weighted by atomic mass is 16.1. The van der Waals surface area contributed by atoms with Crippen molar-refractivity contribution in [3.05, 3.63) is 46.5 Å². The van der Waals surface area contributed by atoms with Crippen LogP contribution in [0.15, 0.2) is 24.3 Å². The van der Waals surface area contributed by atoms with Crippen LogP contribution < -0.4 is 0 Å². The van der Waals surface area contributed by atoms with Crippen LogP contribution >= 0.6 is 0 Å². The summed E-state index contributed by atoms with van der Waals surface area (Å²) in [6.07, 6.45) is 0. The molecule has 128 valence electrons. The molecule has 0 spiro atoms. The van der Waals surface area contributed by atoms with Crippen molar-refractivity contribution in [3.8, 4) is 0 Å². The zero-order valence-corrected chi connectivity index (χ0v) is 16.1. The monoisotopic (exact) mass is 324 g/mol. The zero-order chi connectivity index (χ0) is 18.4. The van der Waals surface area contributed by atoms with E-state index in [4.69, 9.17) is 0 Å². The number of hydrogen-bond acceptors (Lipinski definition) is 2. The molecule has 0 fully saturated rings. The summed E-state index contributed by atoms with van der Waals surface area (Å²) in [5, 5.41) is 1.77. The normalized spacial score (nSPS) is 12.5. The third kappa shape index (κ3) is 3.02. The standard InChI is InChI=1S/C22H28O2/c1-13-14(2)18(20(24)22(6,7)8)16-12-10-9-11-15(16)17(13)19(23)21(3,4)5/h9-12H,1-8H3. The van der Waals surface area contributed by atoms with Crippen LogP contribution in [-0.2, 0) is 0 Å². The third-order valence-electron chi connectivity index (χ3n) is 4.59. The number of hydrogen-bond donors (Lipinski definition) is 0. The number of fused-ring (bicyclic) bond motifs is 1. The Morgan fingerprint density at radius 3 is 1.21 bits per heavy atom. The van der Waals surface area contributed by atoms with Crippen molar-refractivity contribution in [1.29, 1.82) is 0 Å². The van der Waals surface area contributed by atoms with E-state index in [1.807, 2.05) is 79.7 Å². The quantitative estimate of drug-likeness (QED) is 0.643. The van der Waals surface area contributed by atoms with Gasteiger partial charge in [-0.1, -0.05) is 65.8 Å². The molecule has 0 unspecified atom stereocenters. The molecule has 0 aliphatic heterocycles. The molecule has 0 radical (unpaired) electrons. The van der Waals surface area contributed by atoms with Gasteiger partial charge in [-0.25, -0.2) is 0 Å². The zero-order valence-electron chi connectivity index (χ0n) is 16.1.